The molecule has 0 aromatic heterocycles. The van der Waals surface area contributed by atoms with Gasteiger partial charge in [0.05, 0.1) is 12.7 Å². The molecule has 112 valence electrons. The lowest BCUT2D eigenvalue weighted by Gasteiger charge is -2.35. The SMILES string of the molecule is COC(=O)[C@@H]1[C@@H]2CC[C@H](C[C@@H]1OC(=O)c1ccccc1)N2. The van der Waals surface area contributed by atoms with E-state index in [1.54, 1.807) is 24.3 Å². The molecule has 0 spiro atoms. The molecular weight excluding hydrogens is 270 g/mol. The zero-order chi connectivity index (χ0) is 14.8. The average molecular weight is 289 g/mol. The summed E-state index contributed by atoms with van der Waals surface area (Å²) in [5.41, 5.74) is 0.506. The summed E-state index contributed by atoms with van der Waals surface area (Å²) >= 11 is 0. The average Bonchev–Trinajstić information content (AvgIpc) is 2.89. The predicted molar refractivity (Wildman–Crippen MR) is 75.7 cm³/mol. The second-order valence-corrected chi connectivity index (χ2v) is 5.64. The topological polar surface area (TPSA) is 64.6 Å². The molecule has 21 heavy (non-hydrogen) atoms. The molecule has 3 rings (SSSR count). The number of esters is 2. The van der Waals surface area contributed by atoms with Gasteiger partial charge in [-0.05, 0) is 25.0 Å². The molecule has 0 amide bonds. The van der Waals surface area contributed by atoms with Crippen molar-refractivity contribution in [1.82, 2.24) is 5.32 Å². The maximum absolute atomic E-state index is 12.2. The van der Waals surface area contributed by atoms with E-state index in [1.165, 1.54) is 7.11 Å². The van der Waals surface area contributed by atoms with E-state index in [4.69, 9.17) is 9.47 Å². The number of rotatable bonds is 3. The van der Waals surface area contributed by atoms with Crippen LogP contribution in [0.5, 0.6) is 0 Å². The Bertz CT molecular complexity index is 530. The van der Waals surface area contributed by atoms with Gasteiger partial charge in [0.2, 0.25) is 0 Å². The molecule has 5 nitrogen and oxygen atoms in total. The van der Waals surface area contributed by atoms with Crippen LogP contribution in [0.1, 0.15) is 29.6 Å². The van der Waals surface area contributed by atoms with Gasteiger partial charge in [-0.15, -0.1) is 0 Å². The summed E-state index contributed by atoms with van der Waals surface area (Å²) in [7, 11) is 1.37. The predicted octanol–water partition coefficient (Wildman–Crippen LogP) is 1.53. The molecule has 0 unspecified atom stereocenters. The Kier molecular flexibility index (Phi) is 3.92. The largest absolute Gasteiger partial charge is 0.469 e. The molecule has 2 aliphatic heterocycles. The van der Waals surface area contributed by atoms with Crippen LogP contribution < -0.4 is 5.32 Å². The third kappa shape index (κ3) is 2.78. The Balaban J connectivity index is 1.76. The van der Waals surface area contributed by atoms with E-state index in [-0.39, 0.29) is 18.0 Å². The van der Waals surface area contributed by atoms with Crippen LogP contribution in [0, 0.1) is 5.92 Å². The fourth-order valence-electron chi connectivity index (χ4n) is 3.36. The molecule has 5 heteroatoms. The molecule has 0 aliphatic carbocycles. The van der Waals surface area contributed by atoms with Crippen LogP contribution in [0.25, 0.3) is 0 Å². The smallest absolute Gasteiger partial charge is 0.338 e. The van der Waals surface area contributed by atoms with Crippen LogP contribution in [0.4, 0.5) is 0 Å². The molecule has 2 fully saturated rings. The number of benzene rings is 1. The lowest BCUT2D eigenvalue weighted by molar-refractivity contribution is -0.152. The third-order valence-corrected chi connectivity index (χ3v) is 4.37. The Morgan fingerprint density at radius 2 is 1.95 bits per heavy atom. The summed E-state index contributed by atoms with van der Waals surface area (Å²) in [6.07, 6.45) is 2.18. The van der Waals surface area contributed by atoms with Gasteiger partial charge in [-0.3, -0.25) is 4.79 Å². The van der Waals surface area contributed by atoms with Crippen molar-refractivity contribution in [3.05, 3.63) is 35.9 Å². The number of piperidine rings is 1. The van der Waals surface area contributed by atoms with E-state index >= 15 is 0 Å². The Hall–Kier alpha value is -1.88. The molecule has 2 aliphatic rings. The van der Waals surface area contributed by atoms with Gasteiger partial charge in [0.15, 0.2) is 0 Å². The Labute approximate surface area is 123 Å². The molecule has 0 radical (unpaired) electrons. The van der Waals surface area contributed by atoms with Crippen molar-refractivity contribution < 1.29 is 19.1 Å². The zero-order valence-electron chi connectivity index (χ0n) is 12.0. The van der Waals surface area contributed by atoms with Gasteiger partial charge < -0.3 is 14.8 Å². The molecule has 2 saturated heterocycles. The van der Waals surface area contributed by atoms with Crippen LogP contribution in [-0.2, 0) is 14.3 Å². The van der Waals surface area contributed by atoms with Crippen molar-refractivity contribution in [2.75, 3.05) is 7.11 Å². The van der Waals surface area contributed by atoms with E-state index in [0.717, 1.165) is 12.8 Å². The van der Waals surface area contributed by atoms with E-state index < -0.39 is 12.0 Å². The second kappa shape index (κ2) is 5.85. The minimum absolute atomic E-state index is 0.0461. The highest BCUT2D eigenvalue weighted by Crippen LogP contribution is 2.34. The van der Waals surface area contributed by atoms with E-state index in [1.807, 2.05) is 6.07 Å². The molecule has 2 heterocycles. The minimum atomic E-state index is -0.415. The molecule has 1 N–H and O–H groups in total. The first-order valence-corrected chi connectivity index (χ1v) is 7.29. The highest BCUT2D eigenvalue weighted by Gasteiger charge is 2.47. The van der Waals surface area contributed by atoms with E-state index in [2.05, 4.69) is 5.32 Å². The maximum Gasteiger partial charge on any atom is 0.338 e. The molecule has 4 atom stereocenters. The number of hydrogen-bond donors (Lipinski definition) is 1. The summed E-state index contributed by atoms with van der Waals surface area (Å²) in [5.74, 6) is -1.10. The number of carbonyl (C=O) groups is 2. The van der Waals surface area contributed by atoms with Crippen LogP contribution >= 0.6 is 0 Å². The van der Waals surface area contributed by atoms with Crippen LogP contribution in [-0.4, -0.2) is 37.2 Å². The monoisotopic (exact) mass is 289 g/mol. The third-order valence-electron chi connectivity index (χ3n) is 4.37. The summed E-state index contributed by atoms with van der Waals surface area (Å²) in [5, 5.41) is 3.41. The zero-order valence-corrected chi connectivity index (χ0v) is 12.0. The second-order valence-electron chi connectivity index (χ2n) is 5.64. The number of nitrogens with one attached hydrogen (secondary N) is 1. The van der Waals surface area contributed by atoms with Gasteiger partial charge >= 0.3 is 11.9 Å². The number of methoxy groups -OCH3 is 1. The first-order chi connectivity index (χ1) is 10.2. The van der Waals surface area contributed by atoms with E-state index in [0.29, 0.717) is 18.0 Å². The van der Waals surface area contributed by atoms with Gasteiger partial charge in [0.1, 0.15) is 12.0 Å². The molecule has 2 bridgehead atoms. The number of carbonyl (C=O) groups excluding carboxylic acids is 2. The first-order valence-electron chi connectivity index (χ1n) is 7.29. The summed E-state index contributed by atoms with van der Waals surface area (Å²) in [6.45, 7) is 0. The Morgan fingerprint density at radius 1 is 1.19 bits per heavy atom. The van der Waals surface area contributed by atoms with Gasteiger partial charge in [0, 0.05) is 18.5 Å². The van der Waals surface area contributed by atoms with Crippen molar-refractivity contribution >= 4 is 11.9 Å². The van der Waals surface area contributed by atoms with Crippen LogP contribution in [0.3, 0.4) is 0 Å². The minimum Gasteiger partial charge on any atom is -0.469 e. The number of ether oxygens (including phenoxy) is 2. The quantitative estimate of drug-likeness (QED) is 0.855. The van der Waals surface area contributed by atoms with Gasteiger partial charge in [-0.25, -0.2) is 4.79 Å². The maximum atomic E-state index is 12.2. The van der Waals surface area contributed by atoms with E-state index in [9.17, 15) is 9.59 Å². The molecular formula is C16H19NO4. The Morgan fingerprint density at radius 3 is 2.67 bits per heavy atom. The summed E-state index contributed by atoms with van der Waals surface area (Å²) in [4.78, 5) is 24.2. The molecule has 1 aromatic rings. The molecule has 1 aromatic carbocycles. The van der Waals surface area contributed by atoms with Gasteiger partial charge in [-0.2, -0.15) is 0 Å². The first kappa shape index (κ1) is 14.1. The van der Waals surface area contributed by atoms with Gasteiger partial charge in [-0.1, -0.05) is 18.2 Å². The van der Waals surface area contributed by atoms with Crippen molar-refractivity contribution in [2.24, 2.45) is 5.92 Å². The lowest BCUT2D eigenvalue weighted by Crippen LogP contribution is -2.53. The van der Waals surface area contributed by atoms with Crippen LogP contribution in [0.15, 0.2) is 30.3 Å². The highest BCUT2D eigenvalue weighted by atomic mass is 16.6. The standard InChI is InChI=1S/C16H19NO4/c1-20-16(19)14-12-8-7-11(17-12)9-13(14)21-15(18)10-5-3-2-4-6-10/h2-6,11-14,17H,7-9H2,1H3/t11-,12+,13+,14-/m1/s1. The summed E-state index contributed by atoms with van der Waals surface area (Å²) < 4.78 is 10.5. The fourth-order valence-corrected chi connectivity index (χ4v) is 3.36. The summed E-state index contributed by atoms with van der Waals surface area (Å²) in [6, 6.07) is 9.23. The van der Waals surface area contributed by atoms with Crippen molar-refractivity contribution in [3.8, 4) is 0 Å². The van der Waals surface area contributed by atoms with Gasteiger partial charge in [0.25, 0.3) is 0 Å². The number of hydrogen-bond acceptors (Lipinski definition) is 5. The normalized spacial score (nSPS) is 30.7. The lowest BCUT2D eigenvalue weighted by atomic mass is 9.89. The van der Waals surface area contributed by atoms with Crippen molar-refractivity contribution in [3.63, 3.8) is 0 Å². The molecule has 0 saturated carbocycles. The van der Waals surface area contributed by atoms with Crippen LogP contribution in [0.2, 0.25) is 0 Å². The van der Waals surface area contributed by atoms with Crippen molar-refractivity contribution in [2.45, 2.75) is 37.5 Å². The fraction of sp³-hybridized carbons (Fsp3) is 0.500. The van der Waals surface area contributed by atoms with Crippen molar-refractivity contribution in [1.29, 1.82) is 0 Å². The highest BCUT2D eigenvalue weighted by molar-refractivity contribution is 5.89. The number of fused-ring (bicyclic) bond motifs is 2.